The number of hydrogen-bond acceptors (Lipinski definition) is 1. The Balaban J connectivity index is 1.58. The molecule has 2 nitrogen and oxygen atoms in total. The summed E-state index contributed by atoms with van der Waals surface area (Å²) in [5.41, 5.74) is 6.99. The molecule has 0 amide bonds. The van der Waals surface area contributed by atoms with Crippen molar-refractivity contribution >= 4 is 45.0 Å². The molecule has 0 saturated heterocycles. The SMILES string of the molecule is Clc1ccc(Cl)c(-c2cc(-c3ccc4ccccc4c3)ccc2-c2nc3ccccc3[nH]2)c1. The number of nitrogens with zero attached hydrogens (tertiary/aromatic N) is 1. The molecule has 158 valence electrons. The van der Waals surface area contributed by atoms with Gasteiger partial charge in [0.1, 0.15) is 5.82 Å². The first kappa shape index (κ1) is 20.0. The number of imidazole rings is 1. The first-order valence-corrected chi connectivity index (χ1v) is 11.4. The predicted octanol–water partition coefficient (Wildman–Crippen LogP) is 9.02. The summed E-state index contributed by atoms with van der Waals surface area (Å²) in [6.45, 7) is 0. The summed E-state index contributed by atoms with van der Waals surface area (Å²) in [5, 5.41) is 3.71. The van der Waals surface area contributed by atoms with E-state index in [9.17, 15) is 0 Å². The molecule has 0 bridgehead atoms. The van der Waals surface area contributed by atoms with Crippen LogP contribution in [0.2, 0.25) is 10.0 Å². The average Bonchev–Trinajstić information content (AvgIpc) is 3.29. The highest BCUT2D eigenvalue weighted by Crippen LogP contribution is 2.39. The maximum Gasteiger partial charge on any atom is 0.139 e. The summed E-state index contributed by atoms with van der Waals surface area (Å²) >= 11 is 13.0. The summed E-state index contributed by atoms with van der Waals surface area (Å²) in [4.78, 5) is 8.29. The van der Waals surface area contributed by atoms with Crippen molar-refractivity contribution < 1.29 is 0 Å². The number of benzene rings is 5. The second-order valence-corrected chi connectivity index (χ2v) is 8.89. The molecular formula is C29H18Cl2N2. The van der Waals surface area contributed by atoms with Crippen molar-refractivity contribution in [2.24, 2.45) is 0 Å². The highest BCUT2D eigenvalue weighted by Gasteiger charge is 2.16. The van der Waals surface area contributed by atoms with E-state index < -0.39 is 0 Å². The van der Waals surface area contributed by atoms with Gasteiger partial charge in [-0.05, 0) is 69.9 Å². The number of aromatic nitrogens is 2. The largest absolute Gasteiger partial charge is 0.338 e. The Hall–Kier alpha value is -3.59. The molecule has 5 aromatic carbocycles. The van der Waals surface area contributed by atoms with Crippen LogP contribution >= 0.6 is 23.2 Å². The van der Waals surface area contributed by atoms with Gasteiger partial charge in [0.05, 0.1) is 11.0 Å². The number of halogens is 2. The predicted molar refractivity (Wildman–Crippen MR) is 140 cm³/mol. The van der Waals surface area contributed by atoms with E-state index >= 15 is 0 Å². The van der Waals surface area contributed by atoms with Crippen LogP contribution in [0.25, 0.3) is 55.4 Å². The lowest BCUT2D eigenvalue weighted by atomic mass is 9.93. The van der Waals surface area contributed by atoms with Gasteiger partial charge in [-0.15, -0.1) is 0 Å². The summed E-state index contributed by atoms with van der Waals surface area (Å²) in [5.74, 6) is 0.798. The summed E-state index contributed by atoms with van der Waals surface area (Å²) in [7, 11) is 0. The number of para-hydroxylation sites is 2. The minimum Gasteiger partial charge on any atom is -0.338 e. The maximum atomic E-state index is 6.66. The van der Waals surface area contributed by atoms with Crippen LogP contribution in [0.5, 0.6) is 0 Å². The molecule has 1 heterocycles. The van der Waals surface area contributed by atoms with Crippen LogP contribution in [-0.4, -0.2) is 9.97 Å². The molecule has 0 radical (unpaired) electrons. The van der Waals surface area contributed by atoms with E-state index in [1.165, 1.54) is 10.8 Å². The van der Waals surface area contributed by atoms with Crippen molar-refractivity contribution in [2.45, 2.75) is 0 Å². The van der Waals surface area contributed by atoms with E-state index in [2.05, 4.69) is 65.6 Å². The highest BCUT2D eigenvalue weighted by atomic mass is 35.5. The first-order valence-electron chi connectivity index (χ1n) is 10.7. The maximum absolute atomic E-state index is 6.66. The van der Waals surface area contributed by atoms with Crippen LogP contribution in [-0.2, 0) is 0 Å². The van der Waals surface area contributed by atoms with Crippen LogP contribution in [0.4, 0.5) is 0 Å². The van der Waals surface area contributed by atoms with E-state index in [-0.39, 0.29) is 0 Å². The molecule has 0 aliphatic heterocycles. The van der Waals surface area contributed by atoms with Crippen LogP contribution in [0.3, 0.4) is 0 Å². The third kappa shape index (κ3) is 3.68. The third-order valence-corrected chi connectivity index (χ3v) is 6.53. The van der Waals surface area contributed by atoms with Gasteiger partial charge in [-0.25, -0.2) is 4.98 Å². The van der Waals surface area contributed by atoms with Gasteiger partial charge < -0.3 is 4.98 Å². The van der Waals surface area contributed by atoms with Gasteiger partial charge in [-0.3, -0.25) is 0 Å². The smallest absolute Gasteiger partial charge is 0.139 e. The van der Waals surface area contributed by atoms with Gasteiger partial charge in [-0.1, -0.05) is 83.9 Å². The lowest BCUT2D eigenvalue weighted by Crippen LogP contribution is -1.90. The fourth-order valence-corrected chi connectivity index (χ4v) is 4.70. The molecular weight excluding hydrogens is 447 g/mol. The molecule has 1 aromatic heterocycles. The Bertz CT molecular complexity index is 1620. The highest BCUT2D eigenvalue weighted by molar-refractivity contribution is 6.35. The third-order valence-electron chi connectivity index (χ3n) is 5.97. The van der Waals surface area contributed by atoms with Crippen LogP contribution in [0.15, 0.2) is 103 Å². The molecule has 0 aliphatic rings. The van der Waals surface area contributed by atoms with E-state index in [0.29, 0.717) is 10.0 Å². The monoisotopic (exact) mass is 464 g/mol. The first-order chi connectivity index (χ1) is 16.2. The molecule has 6 rings (SSSR count). The second-order valence-electron chi connectivity index (χ2n) is 8.05. The Morgan fingerprint density at radius 1 is 0.576 bits per heavy atom. The number of H-pyrrole nitrogens is 1. The van der Waals surface area contributed by atoms with E-state index in [0.717, 1.165) is 44.7 Å². The summed E-state index contributed by atoms with van der Waals surface area (Å²) in [6, 6.07) is 34.9. The number of hydrogen-bond donors (Lipinski definition) is 1. The van der Waals surface area contributed by atoms with Gasteiger partial charge in [-0.2, -0.15) is 0 Å². The van der Waals surface area contributed by atoms with Crippen molar-refractivity contribution in [3.63, 3.8) is 0 Å². The molecule has 0 unspecified atom stereocenters. The molecule has 1 N–H and O–H groups in total. The van der Waals surface area contributed by atoms with E-state index in [1.54, 1.807) is 6.07 Å². The lowest BCUT2D eigenvalue weighted by molar-refractivity contribution is 1.34. The van der Waals surface area contributed by atoms with E-state index in [1.807, 2.05) is 36.4 Å². The zero-order valence-corrected chi connectivity index (χ0v) is 19.0. The summed E-state index contributed by atoms with van der Waals surface area (Å²) in [6.07, 6.45) is 0. The molecule has 4 heteroatoms. The molecule has 6 aromatic rings. The van der Waals surface area contributed by atoms with E-state index in [4.69, 9.17) is 28.2 Å². The minimum atomic E-state index is 0.640. The van der Waals surface area contributed by atoms with Crippen molar-refractivity contribution in [3.8, 4) is 33.6 Å². The number of nitrogens with one attached hydrogen (secondary N) is 1. The van der Waals surface area contributed by atoms with Crippen LogP contribution < -0.4 is 0 Å². The van der Waals surface area contributed by atoms with Crippen LogP contribution in [0.1, 0.15) is 0 Å². The average molecular weight is 465 g/mol. The topological polar surface area (TPSA) is 28.7 Å². The molecule has 0 saturated carbocycles. The fraction of sp³-hybridized carbons (Fsp3) is 0. The standard InChI is InChI=1S/C29H18Cl2N2/c30-22-12-14-26(31)25(17-22)24-16-21(20-10-9-18-5-1-2-6-19(18)15-20)11-13-23(24)29-32-27-7-3-4-8-28(27)33-29/h1-17H,(H,32,33). The molecule has 0 spiro atoms. The Morgan fingerprint density at radius 2 is 1.33 bits per heavy atom. The Kier molecular flexibility index (Phi) is 4.91. The number of rotatable bonds is 3. The van der Waals surface area contributed by atoms with Gasteiger partial charge in [0, 0.05) is 21.2 Å². The normalized spacial score (nSPS) is 11.3. The fourth-order valence-electron chi connectivity index (χ4n) is 4.31. The van der Waals surface area contributed by atoms with Crippen molar-refractivity contribution in [2.75, 3.05) is 0 Å². The quantitative estimate of drug-likeness (QED) is 0.278. The lowest BCUT2D eigenvalue weighted by Gasteiger charge is -2.13. The zero-order valence-electron chi connectivity index (χ0n) is 17.5. The van der Waals surface area contributed by atoms with Crippen molar-refractivity contribution in [3.05, 3.63) is 113 Å². The minimum absolute atomic E-state index is 0.640. The number of aromatic amines is 1. The van der Waals surface area contributed by atoms with Crippen LogP contribution in [0, 0.1) is 0 Å². The zero-order chi connectivity index (χ0) is 22.4. The molecule has 0 aliphatic carbocycles. The van der Waals surface area contributed by atoms with Gasteiger partial charge >= 0.3 is 0 Å². The molecule has 0 fully saturated rings. The van der Waals surface area contributed by atoms with Gasteiger partial charge in [0.25, 0.3) is 0 Å². The number of fused-ring (bicyclic) bond motifs is 2. The Labute approximate surface area is 201 Å². The van der Waals surface area contributed by atoms with Crippen molar-refractivity contribution in [1.29, 1.82) is 0 Å². The molecule has 33 heavy (non-hydrogen) atoms. The molecule has 0 atom stereocenters. The second kappa shape index (κ2) is 8.08. The van der Waals surface area contributed by atoms with Crippen molar-refractivity contribution in [1.82, 2.24) is 9.97 Å². The Morgan fingerprint density at radius 3 is 2.21 bits per heavy atom. The van der Waals surface area contributed by atoms with Gasteiger partial charge in [0.15, 0.2) is 0 Å². The summed E-state index contributed by atoms with van der Waals surface area (Å²) < 4.78 is 0. The van der Waals surface area contributed by atoms with Gasteiger partial charge in [0.2, 0.25) is 0 Å².